The van der Waals surface area contributed by atoms with Crippen LogP contribution in [0.3, 0.4) is 0 Å². The van der Waals surface area contributed by atoms with E-state index in [2.05, 4.69) is 34.5 Å². The van der Waals surface area contributed by atoms with Gasteiger partial charge in [-0.05, 0) is 37.1 Å². The SMILES string of the molecule is CNc1ccc(N2CCC(O)CC2)cc1. The monoisotopic (exact) mass is 206 g/mol. The van der Waals surface area contributed by atoms with Crippen LogP contribution in [0.4, 0.5) is 11.4 Å². The van der Waals surface area contributed by atoms with Crippen LogP contribution in [0.5, 0.6) is 0 Å². The first-order chi connectivity index (χ1) is 7.29. The summed E-state index contributed by atoms with van der Waals surface area (Å²) >= 11 is 0. The molecule has 0 unspecified atom stereocenters. The highest BCUT2D eigenvalue weighted by Crippen LogP contribution is 2.21. The van der Waals surface area contributed by atoms with Crippen molar-refractivity contribution >= 4 is 11.4 Å². The maximum atomic E-state index is 9.42. The van der Waals surface area contributed by atoms with Crippen LogP contribution in [0.25, 0.3) is 0 Å². The molecule has 1 aliphatic rings. The fourth-order valence-electron chi connectivity index (χ4n) is 1.96. The molecule has 0 bridgehead atoms. The van der Waals surface area contributed by atoms with E-state index in [0.29, 0.717) is 0 Å². The zero-order valence-electron chi connectivity index (χ0n) is 9.11. The summed E-state index contributed by atoms with van der Waals surface area (Å²) in [4.78, 5) is 2.33. The maximum absolute atomic E-state index is 9.42. The van der Waals surface area contributed by atoms with E-state index >= 15 is 0 Å². The lowest BCUT2D eigenvalue weighted by Crippen LogP contribution is -2.35. The number of piperidine rings is 1. The first-order valence-electron chi connectivity index (χ1n) is 5.50. The highest BCUT2D eigenvalue weighted by molar-refractivity contribution is 5.55. The second-order valence-electron chi connectivity index (χ2n) is 4.02. The Kier molecular flexibility index (Phi) is 3.11. The Labute approximate surface area is 90.7 Å². The van der Waals surface area contributed by atoms with Gasteiger partial charge in [-0.2, -0.15) is 0 Å². The zero-order chi connectivity index (χ0) is 10.7. The van der Waals surface area contributed by atoms with Gasteiger partial charge in [0, 0.05) is 31.5 Å². The van der Waals surface area contributed by atoms with E-state index in [9.17, 15) is 5.11 Å². The summed E-state index contributed by atoms with van der Waals surface area (Å²) in [5.74, 6) is 0. The van der Waals surface area contributed by atoms with Crippen LogP contribution in [0.2, 0.25) is 0 Å². The van der Waals surface area contributed by atoms with Gasteiger partial charge in [-0.3, -0.25) is 0 Å². The minimum Gasteiger partial charge on any atom is -0.393 e. The molecule has 2 N–H and O–H groups in total. The number of nitrogens with one attached hydrogen (secondary N) is 1. The van der Waals surface area contributed by atoms with E-state index in [0.717, 1.165) is 31.6 Å². The molecule has 3 heteroatoms. The predicted octanol–water partition coefficient (Wildman–Crippen LogP) is 1.69. The topological polar surface area (TPSA) is 35.5 Å². The summed E-state index contributed by atoms with van der Waals surface area (Å²) in [5.41, 5.74) is 2.39. The second kappa shape index (κ2) is 4.53. The number of hydrogen-bond acceptors (Lipinski definition) is 3. The third-order valence-electron chi connectivity index (χ3n) is 2.99. The smallest absolute Gasteiger partial charge is 0.0574 e. The number of aliphatic hydroxyl groups excluding tert-OH is 1. The molecule has 1 saturated heterocycles. The lowest BCUT2D eigenvalue weighted by molar-refractivity contribution is 0.145. The van der Waals surface area contributed by atoms with Gasteiger partial charge < -0.3 is 15.3 Å². The second-order valence-corrected chi connectivity index (χ2v) is 4.02. The van der Waals surface area contributed by atoms with Crippen LogP contribution in [0.15, 0.2) is 24.3 Å². The van der Waals surface area contributed by atoms with Crippen molar-refractivity contribution in [3.8, 4) is 0 Å². The lowest BCUT2D eigenvalue weighted by atomic mass is 10.1. The first-order valence-corrected chi connectivity index (χ1v) is 5.50. The molecule has 1 aromatic carbocycles. The molecule has 0 saturated carbocycles. The number of aliphatic hydroxyl groups is 1. The van der Waals surface area contributed by atoms with Crippen molar-refractivity contribution in [1.29, 1.82) is 0 Å². The highest BCUT2D eigenvalue weighted by atomic mass is 16.3. The molecule has 1 fully saturated rings. The van der Waals surface area contributed by atoms with Crippen LogP contribution in [-0.2, 0) is 0 Å². The number of hydrogen-bond donors (Lipinski definition) is 2. The molecule has 0 atom stereocenters. The predicted molar refractivity (Wildman–Crippen MR) is 63.4 cm³/mol. The average molecular weight is 206 g/mol. The highest BCUT2D eigenvalue weighted by Gasteiger charge is 2.16. The number of benzene rings is 1. The van der Waals surface area contributed by atoms with Gasteiger partial charge in [0.2, 0.25) is 0 Å². The molecule has 2 rings (SSSR count). The molecule has 15 heavy (non-hydrogen) atoms. The van der Waals surface area contributed by atoms with E-state index in [1.807, 2.05) is 7.05 Å². The Morgan fingerprint density at radius 3 is 2.33 bits per heavy atom. The quantitative estimate of drug-likeness (QED) is 0.773. The van der Waals surface area contributed by atoms with Crippen molar-refractivity contribution in [3.63, 3.8) is 0 Å². The lowest BCUT2D eigenvalue weighted by Gasteiger charge is -2.31. The minimum atomic E-state index is -0.0992. The van der Waals surface area contributed by atoms with Crippen molar-refractivity contribution < 1.29 is 5.11 Å². The fraction of sp³-hybridized carbons (Fsp3) is 0.500. The van der Waals surface area contributed by atoms with Crippen LogP contribution in [0.1, 0.15) is 12.8 Å². The number of nitrogens with zero attached hydrogens (tertiary/aromatic N) is 1. The Morgan fingerprint density at radius 1 is 1.20 bits per heavy atom. The number of rotatable bonds is 2. The average Bonchev–Trinajstić information content (AvgIpc) is 2.30. The Balaban J connectivity index is 2.03. The van der Waals surface area contributed by atoms with E-state index in [-0.39, 0.29) is 6.10 Å². The normalized spacial score (nSPS) is 17.9. The molecule has 1 aliphatic heterocycles. The van der Waals surface area contributed by atoms with Gasteiger partial charge in [-0.25, -0.2) is 0 Å². The van der Waals surface area contributed by atoms with Crippen molar-refractivity contribution in [3.05, 3.63) is 24.3 Å². The molecule has 0 aliphatic carbocycles. The zero-order valence-corrected chi connectivity index (χ0v) is 9.11. The van der Waals surface area contributed by atoms with Gasteiger partial charge in [0.25, 0.3) is 0 Å². The fourth-order valence-corrected chi connectivity index (χ4v) is 1.96. The van der Waals surface area contributed by atoms with E-state index in [1.165, 1.54) is 5.69 Å². The van der Waals surface area contributed by atoms with Gasteiger partial charge in [0.05, 0.1) is 6.10 Å². The molecule has 82 valence electrons. The van der Waals surface area contributed by atoms with E-state index in [4.69, 9.17) is 0 Å². The van der Waals surface area contributed by atoms with Crippen molar-refractivity contribution in [2.75, 3.05) is 30.4 Å². The Morgan fingerprint density at radius 2 is 1.80 bits per heavy atom. The molecular formula is C12H18N2O. The molecule has 0 aromatic heterocycles. The third kappa shape index (κ3) is 2.42. The summed E-state index contributed by atoms with van der Waals surface area (Å²) in [5, 5.41) is 12.5. The van der Waals surface area contributed by atoms with Crippen LogP contribution >= 0.6 is 0 Å². The molecule has 0 spiro atoms. The van der Waals surface area contributed by atoms with Crippen molar-refractivity contribution in [2.24, 2.45) is 0 Å². The molecule has 1 heterocycles. The van der Waals surface area contributed by atoms with E-state index in [1.54, 1.807) is 0 Å². The third-order valence-corrected chi connectivity index (χ3v) is 2.99. The maximum Gasteiger partial charge on any atom is 0.0574 e. The van der Waals surface area contributed by atoms with Crippen LogP contribution in [-0.4, -0.2) is 31.3 Å². The summed E-state index contributed by atoms with van der Waals surface area (Å²) in [6, 6.07) is 8.42. The summed E-state index contributed by atoms with van der Waals surface area (Å²) in [6.45, 7) is 1.92. The summed E-state index contributed by atoms with van der Waals surface area (Å²) < 4.78 is 0. The Hall–Kier alpha value is -1.22. The van der Waals surface area contributed by atoms with Gasteiger partial charge in [0.1, 0.15) is 0 Å². The molecule has 1 aromatic rings. The Bertz CT molecular complexity index is 302. The summed E-state index contributed by atoms with van der Waals surface area (Å²) in [7, 11) is 1.92. The molecular weight excluding hydrogens is 188 g/mol. The van der Waals surface area contributed by atoms with Crippen molar-refractivity contribution in [2.45, 2.75) is 18.9 Å². The van der Waals surface area contributed by atoms with Gasteiger partial charge in [-0.15, -0.1) is 0 Å². The molecule has 0 radical (unpaired) electrons. The van der Waals surface area contributed by atoms with Crippen molar-refractivity contribution in [1.82, 2.24) is 0 Å². The molecule has 3 nitrogen and oxygen atoms in total. The largest absolute Gasteiger partial charge is 0.393 e. The van der Waals surface area contributed by atoms with Gasteiger partial charge in [-0.1, -0.05) is 0 Å². The molecule has 0 amide bonds. The standard InChI is InChI=1S/C12H18N2O/c1-13-10-2-4-11(5-3-10)14-8-6-12(15)7-9-14/h2-5,12-13,15H,6-9H2,1H3. The minimum absolute atomic E-state index is 0.0992. The number of anilines is 2. The van der Waals surface area contributed by atoms with Crippen LogP contribution in [0, 0.1) is 0 Å². The van der Waals surface area contributed by atoms with Crippen LogP contribution < -0.4 is 10.2 Å². The van der Waals surface area contributed by atoms with Gasteiger partial charge >= 0.3 is 0 Å². The van der Waals surface area contributed by atoms with Gasteiger partial charge in [0.15, 0.2) is 0 Å². The first kappa shape index (κ1) is 10.3. The summed E-state index contributed by atoms with van der Waals surface area (Å²) in [6.07, 6.45) is 1.67. The van der Waals surface area contributed by atoms with E-state index < -0.39 is 0 Å².